The van der Waals surface area contributed by atoms with Crippen LogP contribution in [0.4, 0.5) is 0 Å². The fourth-order valence-corrected chi connectivity index (χ4v) is 1.93. The highest BCUT2D eigenvalue weighted by atomic mass is 35.5. The fourth-order valence-electron chi connectivity index (χ4n) is 1.81. The zero-order valence-electron chi connectivity index (χ0n) is 11.5. The lowest BCUT2D eigenvalue weighted by Crippen LogP contribution is -2.19. The average Bonchev–Trinajstić information content (AvgIpc) is 2.75. The molecule has 0 atom stereocenters. The number of rotatable bonds is 3. The average molecular weight is 291 g/mol. The van der Waals surface area contributed by atoms with Crippen LogP contribution in [0.3, 0.4) is 0 Å². The number of aryl methyl sites for hydroxylation is 2. The lowest BCUT2D eigenvalue weighted by atomic mass is 10.1. The van der Waals surface area contributed by atoms with Gasteiger partial charge in [0.1, 0.15) is 11.5 Å². The molecule has 5 heteroatoms. The Bertz CT molecular complexity index is 657. The van der Waals surface area contributed by atoms with Gasteiger partial charge in [0.25, 0.3) is 5.91 Å². The van der Waals surface area contributed by atoms with E-state index < -0.39 is 0 Å². The molecule has 20 heavy (non-hydrogen) atoms. The van der Waals surface area contributed by atoms with Gasteiger partial charge in [0.2, 0.25) is 0 Å². The number of amides is 1. The van der Waals surface area contributed by atoms with Crippen molar-refractivity contribution in [2.75, 3.05) is 0 Å². The molecule has 2 aromatic rings. The fraction of sp³-hybridized carbons (Fsp3) is 0.200. The molecule has 1 amide bonds. The van der Waals surface area contributed by atoms with Crippen LogP contribution in [0.15, 0.2) is 39.9 Å². The molecule has 0 aliphatic rings. The van der Waals surface area contributed by atoms with Crippen LogP contribution in [0.2, 0.25) is 5.02 Å². The maximum absolute atomic E-state index is 12.0. The van der Waals surface area contributed by atoms with Gasteiger partial charge in [0.05, 0.1) is 11.3 Å². The predicted octanol–water partition coefficient (Wildman–Crippen LogP) is 3.70. The van der Waals surface area contributed by atoms with E-state index in [4.69, 9.17) is 16.0 Å². The molecular weight excluding hydrogens is 276 g/mol. The van der Waals surface area contributed by atoms with E-state index in [-0.39, 0.29) is 5.91 Å². The Morgan fingerprint density at radius 1 is 1.25 bits per heavy atom. The van der Waals surface area contributed by atoms with Crippen LogP contribution in [0, 0.1) is 13.8 Å². The highest BCUT2D eigenvalue weighted by Crippen LogP contribution is 2.13. The van der Waals surface area contributed by atoms with Crippen molar-refractivity contribution < 1.29 is 9.21 Å². The lowest BCUT2D eigenvalue weighted by Gasteiger charge is -2.02. The molecule has 0 saturated heterocycles. The normalized spacial score (nSPS) is 11.5. The number of furan rings is 1. The molecule has 0 aliphatic carbocycles. The van der Waals surface area contributed by atoms with Crippen molar-refractivity contribution in [3.8, 4) is 0 Å². The Morgan fingerprint density at radius 3 is 2.45 bits per heavy atom. The van der Waals surface area contributed by atoms with Gasteiger partial charge in [-0.25, -0.2) is 5.43 Å². The van der Waals surface area contributed by atoms with Crippen LogP contribution in [0.5, 0.6) is 0 Å². The molecule has 0 radical (unpaired) electrons. The number of benzene rings is 1. The van der Waals surface area contributed by atoms with Crippen LogP contribution in [0.25, 0.3) is 0 Å². The van der Waals surface area contributed by atoms with Crippen molar-refractivity contribution in [3.05, 3.63) is 58.0 Å². The summed E-state index contributed by atoms with van der Waals surface area (Å²) in [5, 5.41) is 4.75. The van der Waals surface area contributed by atoms with Gasteiger partial charge in [-0.15, -0.1) is 0 Å². The summed E-state index contributed by atoms with van der Waals surface area (Å²) in [6, 6.07) is 8.95. The topological polar surface area (TPSA) is 54.6 Å². The standard InChI is InChI=1S/C15H15ClN2O2/c1-9-8-14(11(3)20-9)15(19)18-17-10(2)12-4-6-13(16)7-5-12/h4-8H,1-3H3,(H,18,19)/b17-10-. The second kappa shape index (κ2) is 5.92. The van der Waals surface area contributed by atoms with Crippen molar-refractivity contribution in [2.45, 2.75) is 20.8 Å². The van der Waals surface area contributed by atoms with E-state index >= 15 is 0 Å². The van der Waals surface area contributed by atoms with Gasteiger partial charge in [-0.2, -0.15) is 5.10 Å². The minimum atomic E-state index is -0.285. The summed E-state index contributed by atoms with van der Waals surface area (Å²) in [5.74, 6) is 0.998. The predicted molar refractivity (Wildman–Crippen MR) is 79.3 cm³/mol. The molecule has 1 aromatic heterocycles. The third-order valence-electron chi connectivity index (χ3n) is 2.87. The monoisotopic (exact) mass is 290 g/mol. The molecule has 1 aromatic carbocycles. The third kappa shape index (κ3) is 3.27. The molecule has 0 bridgehead atoms. The Morgan fingerprint density at radius 2 is 1.90 bits per heavy atom. The maximum Gasteiger partial charge on any atom is 0.274 e. The van der Waals surface area contributed by atoms with Crippen molar-refractivity contribution in [3.63, 3.8) is 0 Å². The highest BCUT2D eigenvalue weighted by molar-refractivity contribution is 6.30. The van der Waals surface area contributed by atoms with Gasteiger partial charge >= 0.3 is 0 Å². The van der Waals surface area contributed by atoms with Crippen molar-refractivity contribution in [2.24, 2.45) is 5.10 Å². The number of hydrogen-bond acceptors (Lipinski definition) is 3. The van der Waals surface area contributed by atoms with E-state index in [9.17, 15) is 4.79 Å². The van der Waals surface area contributed by atoms with E-state index in [0.29, 0.717) is 27.8 Å². The summed E-state index contributed by atoms with van der Waals surface area (Å²) in [7, 11) is 0. The van der Waals surface area contributed by atoms with Crippen LogP contribution in [0.1, 0.15) is 34.4 Å². The van der Waals surface area contributed by atoms with Crippen molar-refractivity contribution >= 4 is 23.2 Å². The number of carbonyl (C=O) groups excluding carboxylic acids is 1. The number of hydrogen-bond donors (Lipinski definition) is 1. The number of hydrazone groups is 1. The third-order valence-corrected chi connectivity index (χ3v) is 3.12. The minimum Gasteiger partial charge on any atom is -0.466 e. The van der Waals surface area contributed by atoms with Gasteiger partial charge in [-0.3, -0.25) is 4.79 Å². The van der Waals surface area contributed by atoms with Gasteiger partial charge in [0.15, 0.2) is 0 Å². The molecule has 104 valence electrons. The second-order valence-electron chi connectivity index (χ2n) is 4.47. The summed E-state index contributed by atoms with van der Waals surface area (Å²) < 4.78 is 5.32. The molecule has 1 heterocycles. The van der Waals surface area contributed by atoms with E-state index in [1.807, 2.05) is 19.1 Å². The molecular formula is C15H15ClN2O2. The Hall–Kier alpha value is -2.07. The second-order valence-corrected chi connectivity index (χ2v) is 4.91. The molecule has 0 fully saturated rings. The SMILES string of the molecule is C/C(=N/NC(=O)c1cc(C)oc1C)c1ccc(Cl)cc1. The quantitative estimate of drug-likeness (QED) is 0.692. The van der Waals surface area contributed by atoms with E-state index in [1.54, 1.807) is 32.0 Å². The minimum absolute atomic E-state index is 0.285. The molecule has 1 N–H and O–H groups in total. The highest BCUT2D eigenvalue weighted by Gasteiger charge is 2.12. The summed E-state index contributed by atoms with van der Waals surface area (Å²) in [6.45, 7) is 5.36. The van der Waals surface area contributed by atoms with E-state index in [0.717, 1.165) is 5.56 Å². The molecule has 0 aliphatic heterocycles. The first-order valence-corrected chi connectivity index (χ1v) is 6.53. The zero-order chi connectivity index (χ0) is 14.7. The first-order chi connectivity index (χ1) is 9.47. The van der Waals surface area contributed by atoms with Crippen LogP contribution >= 0.6 is 11.6 Å². The summed E-state index contributed by atoms with van der Waals surface area (Å²) in [4.78, 5) is 12.0. The van der Waals surface area contributed by atoms with Gasteiger partial charge in [-0.05, 0) is 44.5 Å². The van der Waals surface area contributed by atoms with Gasteiger partial charge in [-0.1, -0.05) is 23.7 Å². The smallest absolute Gasteiger partial charge is 0.274 e. The van der Waals surface area contributed by atoms with Crippen LogP contribution in [-0.2, 0) is 0 Å². The van der Waals surface area contributed by atoms with E-state index in [2.05, 4.69) is 10.5 Å². The Balaban J connectivity index is 2.10. The van der Waals surface area contributed by atoms with Crippen molar-refractivity contribution in [1.82, 2.24) is 5.43 Å². The molecule has 0 saturated carbocycles. The Kier molecular flexibility index (Phi) is 4.25. The first-order valence-electron chi connectivity index (χ1n) is 6.15. The van der Waals surface area contributed by atoms with Crippen LogP contribution < -0.4 is 5.43 Å². The largest absolute Gasteiger partial charge is 0.466 e. The summed E-state index contributed by atoms with van der Waals surface area (Å²) >= 11 is 5.82. The first kappa shape index (κ1) is 14.3. The molecule has 0 spiro atoms. The maximum atomic E-state index is 12.0. The molecule has 4 nitrogen and oxygen atoms in total. The van der Waals surface area contributed by atoms with Gasteiger partial charge < -0.3 is 4.42 Å². The number of halogens is 1. The van der Waals surface area contributed by atoms with Crippen LogP contribution in [-0.4, -0.2) is 11.6 Å². The molecule has 0 unspecified atom stereocenters. The zero-order valence-corrected chi connectivity index (χ0v) is 12.3. The lowest BCUT2D eigenvalue weighted by molar-refractivity contribution is 0.0953. The Labute approximate surface area is 122 Å². The summed E-state index contributed by atoms with van der Waals surface area (Å²) in [6.07, 6.45) is 0. The number of nitrogens with zero attached hydrogens (tertiary/aromatic N) is 1. The van der Waals surface area contributed by atoms with Gasteiger partial charge in [0, 0.05) is 5.02 Å². The number of carbonyl (C=O) groups is 1. The molecule has 2 rings (SSSR count). The number of nitrogens with one attached hydrogen (secondary N) is 1. The summed E-state index contributed by atoms with van der Waals surface area (Å²) in [5.41, 5.74) is 4.62. The van der Waals surface area contributed by atoms with Crippen molar-refractivity contribution in [1.29, 1.82) is 0 Å². The van der Waals surface area contributed by atoms with E-state index in [1.165, 1.54) is 0 Å².